The minimum absolute atomic E-state index is 0. The van der Waals surface area contributed by atoms with Crippen molar-refractivity contribution in [3.63, 3.8) is 0 Å². The summed E-state index contributed by atoms with van der Waals surface area (Å²) in [5, 5.41) is 0. The Morgan fingerprint density at radius 3 is 0.610 bits per heavy atom. The third-order valence-electron chi connectivity index (χ3n) is 2.24. The molecule has 0 radical (unpaired) electrons. The quantitative estimate of drug-likeness (QED) is 0.0831. The minimum Gasteiger partial charge on any atom is -0.781 e. The molecule has 4 N–H and O–H groups in total. The first-order chi connectivity index (χ1) is 17.7. The monoisotopic (exact) mass is 846 g/mol. The maximum absolute atomic E-state index is 9.90. The molecule has 4 atom stereocenters. The van der Waals surface area contributed by atoms with E-state index in [0.29, 0.717) is 0 Å². The zero-order valence-corrected chi connectivity index (χ0v) is 29.5. The van der Waals surface area contributed by atoms with E-state index in [-0.39, 0.29) is 26.2 Å². The van der Waals surface area contributed by atoms with Gasteiger partial charge in [-0.2, -0.15) is 33.7 Å². The van der Waals surface area contributed by atoms with Crippen LogP contribution in [0, 0.1) is 0 Å². The summed E-state index contributed by atoms with van der Waals surface area (Å²) in [5.74, 6) is -2.81. The van der Waals surface area contributed by atoms with Crippen molar-refractivity contribution in [1.82, 2.24) is 0 Å². The van der Waals surface area contributed by atoms with Crippen molar-refractivity contribution in [2.24, 2.45) is 0 Å². The van der Waals surface area contributed by atoms with Crippen LogP contribution in [0.2, 0.25) is 0 Å². The molecule has 0 aromatic heterocycles. The first-order valence-corrected chi connectivity index (χ1v) is 20.2. The molecular weight excluding hydrogens is 823 g/mol. The Kier molecular flexibility index (Phi) is 34.6. The molecule has 4 unspecified atom stereocenters. The van der Waals surface area contributed by atoms with Gasteiger partial charge < -0.3 is 55.9 Å². The smallest absolute Gasteiger partial charge is 0.781 e. The molecular formula is C8H24O24P4S4Zr. The van der Waals surface area contributed by atoms with Crippen LogP contribution in [0.3, 0.4) is 0 Å². The van der Waals surface area contributed by atoms with Gasteiger partial charge in [-0.05, 0) is 0 Å². The summed E-state index contributed by atoms with van der Waals surface area (Å²) in [4.78, 5) is 38.6. The molecule has 41 heavy (non-hydrogen) atoms. The van der Waals surface area contributed by atoms with Crippen molar-refractivity contribution >= 4 is 73.5 Å². The Morgan fingerprint density at radius 1 is 0.415 bits per heavy atom. The molecule has 0 rings (SSSR count). The summed E-state index contributed by atoms with van der Waals surface area (Å²) in [6, 6.07) is 0. The van der Waals surface area contributed by atoms with Gasteiger partial charge >= 0.3 is 26.2 Å². The number of rotatable bonds is 16. The van der Waals surface area contributed by atoms with E-state index in [9.17, 15) is 71.5 Å². The Bertz CT molecular complexity index is 1020. The molecule has 0 bridgehead atoms. The molecule has 248 valence electrons. The Morgan fingerprint density at radius 2 is 0.537 bits per heavy atom. The number of hydrogen-bond acceptors (Lipinski definition) is 20. The average Bonchev–Trinajstić information content (AvgIpc) is 2.64. The van der Waals surface area contributed by atoms with Gasteiger partial charge in [-0.15, -0.1) is 0 Å². The van der Waals surface area contributed by atoms with Gasteiger partial charge in [0.2, 0.25) is 0 Å². The van der Waals surface area contributed by atoms with Gasteiger partial charge in [0, 0.05) is 0 Å². The van der Waals surface area contributed by atoms with Crippen LogP contribution in [0.5, 0.6) is 0 Å². The molecule has 0 aliphatic heterocycles. The Labute approximate surface area is 255 Å². The molecule has 0 aromatic rings. The fraction of sp³-hybridized carbons (Fsp3) is 1.00. The minimum atomic E-state index is -4.11. The van der Waals surface area contributed by atoms with Crippen molar-refractivity contribution in [2.45, 2.75) is 0 Å². The van der Waals surface area contributed by atoms with Crippen molar-refractivity contribution in [3.8, 4) is 0 Å². The second-order valence-electron chi connectivity index (χ2n) is 5.54. The summed E-state index contributed by atoms with van der Waals surface area (Å²) in [6.07, 6.45) is 0. The maximum atomic E-state index is 9.90. The van der Waals surface area contributed by atoms with Crippen LogP contribution in [0.25, 0.3) is 0 Å². The second-order valence-corrected chi connectivity index (χ2v) is 15.0. The molecule has 33 heteroatoms. The predicted octanol–water partition coefficient (Wildman–Crippen LogP) is -5.44. The Balaban J connectivity index is -0.000000139. The van der Waals surface area contributed by atoms with Crippen molar-refractivity contribution in [3.05, 3.63) is 0 Å². The molecule has 0 amide bonds. The molecule has 0 aliphatic carbocycles. The fourth-order valence-corrected chi connectivity index (χ4v) is 3.76. The van der Waals surface area contributed by atoms with E-state index in [1.807, 2.05) is 0 Å². The number of hydrogen-bond donors (Lipinski definition) is 4. The normalized spacial score (nSPS) is 14.6. The van der Waals surface area contributed by atoms with Gasteiger partial charge in [0.05, 0.1) is 49.4 Å². The summed E-state index contributed by atoms with van der Waals surface area (Å²) < 4.78 is 165. The van der Waals surface area contributed by atoms with E-state index in [2.05, 4.69) is 18.1 Å². The van der Waals surface area contributed by atoms with Crippen molar-refractivity contribution in [2.75, 3.05) is 49.4 Å². The summed E-state index contributed by atoms with van der Waals surface area (Å²) >= 11 is 0. The first-order valence-electron chi connectivity index (χ1n) is 8.82. The molecule has 0 fully saturated rings. The third kappa shape index (κ3) is 74.2. The van der Waals surface area contributed by atoms with Crippen LogP contribution in [0.1, 0.15) is 0 Å². The van der Waals surface area contributed by atoms with Crippen LogP contribution >= 0.6 is 33.0 Å². The predicted molar refractivity (Wildman–Crippen MR) is 125 cm³/mol. The van der Waals surface area contributed by atoms with E-state index in [1.165, 1.54) is 0 Å². The zero-order valence-electron chi connectivity index (χ0n) is 19.7. The van der Waals surface area contributed by atoms with Crippen LogP contribution in [0.4, 0.5) is 0 Å². The van der Waals surface area contributed by atoms with Crippen LogP contribution in [-0.4, -0.2) is 101 Å². The van der Waals surface area contributed by atoms with Gasteiger partial charge in [-0.3, -0.25) is 18.2 Å². The fourth-order valence-electron chi connectivity index (χ4n) is 0.921. The molecule has 24 nitrogen and oxygen atoms in total. The average molecular weight is 848 g/mol. The molecule has 0 aromatic carbocycles. The van der Waals surface area contributed by atoms with Gasteiger partial charge in [-0.1, -0.05) is 0 Å². The largest absolute Gasteiger partial charge is 4.00 e. The van der Waals surface area contributed by atoms with Gasteiger partial charge in [0.15, 0.2) is 0 Å². The van der Waals surface area contributed by atoms with Gasteiger partial charge in [0.1, 0.15) is 33.0 Å². The van der Waals surface area contributed by atoms with E-state index >= 15 is 0 Å². The molecule has 0 saturated carbocycles. The van der Waals surface area contributed by atoms with Gasteiger partial charge in [-0.25, -0.2) is 0 Å². The zero-order chi connectivity index (χ0) is 32.8. The second kappa shape index (κ2) is 27.4. The summed E-state index contributed by atoms with van der Waals surface area (Å²) in [7, 11) is -29.8. The van der Waals surface area contributed by atoms with Crippen LogP contribution in [-0.2, 0) is 103 Å². The molecule has 0 heterocycles. The van der Waals surface area contributed by atoms with E-state index in [0.717, 1.165) is 0 Å². The molecule has 0 saturated heterocycles. The third-order valence-corrected chi connectivity index (χ3v) is 6.73. The first kappa shape index (κ1) is 51.7. The SMILES string of the molecule is O=[PH]([O-])OCCS(=O)(=O)O.O=[PH]([O-])OCCS(=O)(=O)O.O=[PH]([O-])OCCS(=O)(=O)O.O=[PH]([O-])OCCS(=O)(=O)O.[Zr+4]. The maximum Gasteiger partial charge on any atom is 4.00 e. The summed E-state index contributed by atoms with van der Waals surface area (Å²) in [6.45, 7) is -2.11. The van der Waals surface area contributed by atoms with Crippen LogP contribution in [0.15, 0.2) is 0 Å². The van der Waals surface area contributed by atoms with E-state index in [4.69, 9.17) is 18.2 Å². The summed E-state index contributed by atoms with van der Waals surface area (Å²) in [5.41, 5.74) is 0. The van der Waals surface area contributed by atoms with Crippen molar-refractivity contribution in [1.29, 1.82) is 0 Å². The van der Waals surface area contributed by atoms with E-state index in [1.54, 1.807) is 0 Å². The topological polar surface area (TPSA) is 415 Å². The van der Waals surface area contributed by atoms with Crippen LogP contribution < -0.4 is 19.6 Å². The van der Waals surface area contributed by atoms with E-state index < -0.39 is 123 Å². The van der Waals surface area contributed by atoms with Crippen molar-refractivity contribution < 1.29 is 134 Å². The van der Waals surface area contributed by atoms with Gasteiger partial charge in [0.25, 0.3) is 40.5 Å². The standard InChI is InChI=1S/4C2H7O6PS.Zr/c4*3-9(4)8-1-2-10(5,6)7;/h4*9H,1-2H2,(H,3,4)(H,5,6,7);/q;;;;+4/p-4. The molecule has 0 spiro atoms. The Hall–Kier alpha value is 1.12. The molecule has 0 aliphatic rings.